The molecular weight excluding hydrogens is 693 g/mol. The summed E-state index contributed by atoms with van der Waals surface area (Å²) in [7, 11) is 1.26. The van der Waals surface area contributed by atoms with E-state index in [0.29, 0.717) is 35.6 Å². The van der Waals surface area contributed by atoms with Crippen molar-refractivity contribution in [3.05, 3.63) is 87.6 Å². The minimum absolute atomic E-state index is 0.0815. The Kier molecular flexibility index (Phi) is 10.9. The molecule has 0 spiro atoms. The fourth-order valence-corrected chi connectivity index (χ4v) is 7.81. The van der Waals surface area contributed by atoms with E-state index in [2.05, 4.69) is 27.0 Å². The number of nitrogens with zero attached hydrogens (tertiary/aromatic N) is 1. The summed E-state index contributed by atoms with van der Waals surface area (Å²) in [5.41, 5.74) is 4.09. The number of aryl methyl sites for hydroxylation is 1. The number of rotatable bonds is 8. The summed E-state index contributed by atoms with van der Waals surface area (Å²) in [6.45, 7) is 10.00. The van der Waals surface area contributed by atoms with E-state index in [-0.39, 0.29) is 34.9 Å². The highest BCUT2D eigenvalue weighted by molar-refractivity contribution is 7.13. The fraction of sp³-hybridized carbons (Fsp3) is 0.390. The van der Waals surface area contributed by atoms with Gasteiger partial charge in [0, 0.05) is 51.3 Å². The molecule has 12 heteroatoms. The van der Waals surface area contributed by atoms with E-state index in [1.54, 1.807) is 62.4 Å². The number of alkyl carbamates (subject to hydrolysis) is 1. The Bertz CT molecular complexity index is 2060. The first-order chi connectivity index (χ1) is 25.2. The minimum Gasteiger partial charge on any atom is -0.493 e. The van der Waals surface area contributed by atoms with Crippen LogP contribution in [0.4, 0.5) is 10.5 Å². The van der Waals surface area contributed by atoms with Crippen LogP contribution in [0.3, 0.4) is 0 Å². The maximum absolute atomic E-state index is 14.4. The maximum atomic E-state index is 14.4. The van der Waals surface area contributed by atoms with Gasteiger partial charge in [-0.1, -0.05) is 31.4 Å². The van der Waals surface area contributed by atoms with E-state index >= 15 is 0 Å². The van der Waals surface area contributed by atoms with Crippen LogP contribution in [0.2, 0.25) is 0 Å². The topological polar surface area (TPSA) is 145 Å². The lowest BCUT2D eigenvalue weighted by molar-refractivity contribution is 0.0521. The number of hydrogen-bond donors (Lipinski definition) is 3. The van der Waals surface area contributed by atoms with Crippen molar-refractivity contribution < 1.29 is 33.4 Å². The van der Waals surface area contributed by atoms with Gasteiger partial charge in [-0.2, -0.15) is 0 Å². The maximum Gasteiger partial charge on any atom is 0.407 e. The molecule has 1 aliphatic carbocycles. The lowest BCUT2D eigenvalue weighted by atomic mass is 9.83. The summed E-state index contributed by atoms with van der Waals surface area (Å²) in [4.78, 5) is 58.9. The van der Waals surface area contributed by atoms with Crippen molar-refractivity contribution in [3.63, 3.8) is 0 Å². The lowest BCUT2D eigenvalue weighted by Gasteiger charge is -2.34. The SMILES string of the molecule is COC(=O)c1nc(C(=O)NC2(C)CCCCC2)ccc1-c1cc2c(cc1C(=O)Nc1ccc(CNC(=O)OC(C)(C)C)cc1C)-c1sccc1CCO2. The van der Waals surface area contributed by atoms with Crippen LogP contribution < -0.4 is 20.7 Å². The first kappa shape index (κ1) is 37.5. The molecule has 0 radical (unpaired) electrons. The molecule has 0 bridgehead atoms. The van der Waals surface area contributed by atoms with Crippen LogP contribution >= 0.6 is 11.3 Å². The van der Waals surface area contributed by atoms with Crippen LogP contribution in [0.5, 0.6) is 5.75 Å². The minimum atomic E-state index is -0.743. The third-order valence-electron chi connectivity index (χ3n) is 9.53. The van der Waals surface area contributed by atoms with Gasteiger partial charge in [-0.25, -0.2) is 14.6 Å². The normalized spacial score (nSPS) is 14.8. The molecule has 53 heavy (non-hydrogen) atoms. The molecule has 2 aliphatic rings. The van der Waals surface area contributed by atoms with Gasteiger partial charge < -0.3 is 30.2 Å². The highest BCUT2D eigenvalue weighted by atomic mass is 32.1. The number of anilines is 1. The predicted molar refractivity (Wildman–Crippen MR) is 205 cm³/mol. The van der Waals surface area contributed by atoms with E-state index in [0.717, 1.165) is 59.2 Å². The monoisotopic (exact) mass is 738 g/mol. The molecule has 2 aromatic heterocycles. The zero-order valence-corrected chi connectivity index (χ0v) is 31.9. The molecule has 3 amide bonds. The van der Waals surface area contributed by atoms with Crippen LogP contribution in [0.1, 0.15) is 108 Å². The molecule has 0 unspecified atom stereocenters. The number of esters is 1. The van der Waals surface area contributed by atoms with E-state index in [1.165, 1.54) is 7.11 Å². The number of carbonyl (C=O) groups is 4. The van der Waals surface area contributed by atoms with Crippen molar-refractivity contribution in [1.29, 1.82) is 0 Å². The Morgan fingerprint density at radius 2 is 1.72 bits per heavy atom. The van der Waals surface area contributed by atoms with Crippen molar-refractivity contribution in [2.75, 3.05) is 19.0 Å². The van der Waals surface area contributed by atoms with Crippen LogP contribution in [-0.2, 0) is 22.4 Å². The Morgan fingerprint density at radius 3 is 2.43 bits per heavy atom. The van der Waals surface area contributed by atoms with Gasteiger partial charge in [-0.3, -0.25) is 9.59 Å². The molecule has 4 aromatic rings. The Hall–Kier alpha value is -5.23. The molecule has 0 saturated heterocycles. The molecule has 6 rings (SSSR count). The van der Waals surface area contributed by atoms with Crippen LogP contribution in [-0.4, -0.2) is 53.7 Å². The second kappa shape index (κ2) is 15.4. The number of aromatic nitrogens is 1. The molecule has 11 nitrogen and oxygen atoms in total. The number of carbonyl (C=O) groups excluding carboxylic acids is 4. The Balaban J connectivity index is 1.37. The van der Waals surface area contributed by atoms with Crippen molar-refractivity contribution in [2.24, 2.45) is 0 Å². The molecule has 1 fully saturated rings. The van der Waals surface area contributed by atoms with Gasteiger partial charge in [0.1, 0.15) is 17.0 Å². The third kappa shape index (κ3) is 8.71. The van der Waals surface area contributed by atoms with E-state index in [9.17, 15) is 19.2 Å². The standard InChI is InChI=1S/C41H46N4O7S/c1-24-20-25(23-42-39(49)52-40(2,3)4)10-12-31(24)44-36(46)29-21-30-33(51-18-14-26-15-19-53-35(26)30)22-28(29)27-11-13-32(43-34(27)38(48)50-6)37(47)45-41(5)16-8-7-9-17-41/h10-13,15,19-22H,7-9,14,16-18,23H2,1-6H3,(H,42,49)(H,44,46)(H,45,47). The Labute approximate surface area is 313 Å². The summed E-state index contributed by atoms with van der Waals surface area (Å²) in [6, 6.07) is 14.3. The molecule has 3 N–H and O–H groups in total. The quantitative estimate of drug-likeness (QED) is 0.153. The number of benzene rings is 2. The number of nitrogens with one attached hydrogen (secondary N) is 3. The number of amides is 3. The highest BCUT2D eigenvalue weighted by Crippen LogP contribution is 2.43. The molecule has 2 aromatic carbocycles. The largest absolute Gasteiger partial charge is 0.493 e. The molecule has 278 valence electrons. The van der Waals surface area contributed by atoms with Gasteiger partial charge in [0.15, 0.2) is 5.69 Å². The number of fused-ring (bicyclic) bond motifs is 3. The first-order valence-electron chi connectivity index (χ1n) is 17.9. The zero-order valence-electron chi connectivity index (χ0n) is 31.1. The fourth-order valence-electron chi connectivity index (χ4n) is 6.83. The van der Waals surface area contributed by atoms with Crippen molar-refractivity contribution in [2.45, 2.75) is 90.8 Å². The van der Waals surface area contributed by atoms with Crippen molar-refractivity contribution >= 4 is 40.9 Å². The zero-order chi connectivity index (χ0) is 37.9. The Morgan fingerprint density at radius 1 is 0.943 bits per heavy atom. The number of pyridine rings is 1. The average molecular weight is 739 g/mol. The average Bonchev–Trinajstić information content (AvgIpc) is 3.51. The van der Waals surface area contributed by atoms with Crippen molar-refractivity contribution in [3.8, 4) is 27.3 Å². The third-order valence-corrected chi connectivity index (χ3v) is 10.5. The van der Waals surface area contributed by atoms with Crippen molar-refractivity contribution in [1.82, 2.24) is 15.6 Å². The number of methoxy groups -OCH3 is 1. The lowest BCUT2D eigenvalue weighted by Crippen LogP contribution is -2.47. The number of thiophene rings is 1. The van der Waals surface area contributed by atoms with Gasteiger partial charge in [-0.05, 0) is 106 Å². The summed E-state index contributed by atoms with van der Waals surface area (Å²) in [6.07, 6.45) is 5.12. The molecule has 1 aliphatic heterocycles. The van der Waals surface area contributed by atoms with Gasteiger partial charge >= 0.3 is 12.1 Å². The smallest absolute Gasteiger partial charge is 0.407 e. The summed E-state index contributed by atoms with van der Waals surface area (Å²) in [5, 5.41) is 11.0. The van der Waals surface area contributed by atoms with Crippen LogP contribution in [0, 0.1) is 6.92 Å². The molecular formula is C41H46N4O7S. The summed E-state index contributed by atoms with van der Waals surface area (Å²) >= 11 is 1.57. The second-order valence-corrected chi connectivity index (χ2v) is 15.8. The number of ether oxygens (including phenoxy) is 3. The second-order valence-electron chi connectivity index (χ2n) is 14.9. The predicted octanol–water partition coefficient (Wildman–Crippen LogP) is 8.24. The summed E-state index contributed by atoms with van der Waals surface area (Å²) < 4.78 is 16.7. The molecule has 0 atom stereocenters. The molecule has 3 heterocycles. The van der Waals surface area contributed by atoms with E-state index < -0.39 is 23.6 Å². The number of hydrogen-bond acceptors (Lipinski definition) is 9. The highest BCUT2D eigenvalue weighted by Gasteiger charge is 2.31. The van der Waals surface area contributed by atoms with Crippen LogP contribution in [0.25, 0.3) is 21.6 Å². The van der Waals surface area contributed by atoms with Crippen LogP contribution in [0.15, 0.2) is 53.9 Å². The van der Waals surface area contributed by atoms with Gasteiger partial charge in [0.2, 0.25) is 0 Å². The van der Waals surface area contributed by atoms with E-state index in [1.807, 2.05) is 31.4 Å². The van der Waals surface area contributed by atoms with Gasteiger partial charge in [0.25, 0.3) is 11.8 Å². The summed E-state index contributed by atoms with van der Waals surface area (Å²) in [5.74, 6) is -0.971. The van der Waals surface area contributed by atoms with Gasteiger partial charge in [-0.15, -0.1) is 11.3 Å². The molecule has 1 saturated carbocycles. The van der Waals surface area contributed by atoms with Gasteiger partial charge in [0.05, 0.1) is 13.7 Å². The van der Waals surface area contributed by atoms with E-state index in [4.69, 9.17) is 14.2 Å². The first-order valence-corrected chi connectivity index (χ1v) is 18.8.